The van der Waals surface area contributed by atoms with Gasteiger partial charge in [-0.15, -0.1) is 0 Å². The van der Waals surface area contributed by atoms with Gasteiger partial charge in [0.25, 0.3) is 5.91 Å². The van der Waals surface area contributed by atoms with Crippen molar-refractivity contribution in [3.63, 3.8) is 0 Å². The highest BCUT2D eigenvalue weighted by atomic mass is 35.5. The normalized spacial score (nSPS) is 12.6. The molecule has 0 aliphatic heterocycles. The van der Waals surface area contributed by atoms with Gasteiger partial charge in [-0.3, -0.25) is 4.79 Å². The van der Waals surface area contributed by atoms with Crippen molar-refractivity contribution in [1.82, 2.24) is 4.72 Å². The van der Waals surface area contributed by atoms with E-state index in [-0.39, 0.29) is 16.8 Å². The summed E-state index contributed by atoms with van der Waals surface area (Å²) in [4.78, 5) is 12.3. The average Bonchev–Trinajstić information content (AvgIpc) is 2.54. The number of hydrogen-bond donors (Lipinski definition) is 2. The molecule has 1 atom stereocenters. The predicted octanol–water partition coefficient (Wildman–Crippen LogP) is 3.67. The van der Waals surface area contributed by atoms with Crippen LogP contribution in [0.3, 0.4) is 0 Å². The van der Waals surface area contributed by atoms with Crippen LogP contribution < -0.4 is 10.0 Å². The standard InChI is InChI=1S/C17H19ClN2O3S/c1-3-12(2)20-24(22,23)16-9-7-15(8-10-16)19-17(21)13-5-4-6-14(18)11-13/h4-12,20H,3H2,1-2H3,(H,19,21)/t12-/m0/s1. The van der Waals surface area contributed by atoms with Crippen LogP contribution in [0.4, 0.5) is 5.69 Å². The van der Waals surface area contributed by atoms with Crippen LogP contribution in [-0.2, 0) is 10.0 Å². The van der Waals surface area contributed by atoms with Gasteiger partial charge >= 0.3 is 0 Å². The van der Waals surface area contributed by atoms with Crippen LogP contribution >= 0.6 is 11.6 Å². The van der Waals surface area contributed by atoms with Gasteiger partial charge in [-0.25, -0.2) is 13.1 Å². The first-order valence-corrected chi connectivity index (χ1v) is 9.37. The van der Waals surface area contributed by atoms with Crippen molar-refractivity contribution in [1.29, 1.82) is 0 Å². The number of amides is 1. The molecule has 7 heteroatoms. The van der Waals surface area contributed by atoms with E-state index in [1.165, 1.54) is 12.1 Å². The molecule has 24 heavy (non-hydrogen) atoms. The molecule has 0 bridgehead atoms. The number of benzene rings is 2. The smallest absolute Gasteiger partial charge is 0.255 e. The highest BCUT2D eigenvalue weighted by Crippen LogP contribution is 2.17. The van der Waals surface area contributed by atoms with Crippen LogP contribution in [0.25, 0.3) is 0 Å². The summed E-state index contributed by atoms with van der Waals surface area (Å²) >= 11 is 5.86. The first kappa shape index (κ1) is 18.4. The van der Waals surface area contributed by atoms with E-state index in [1.807, 2.05) is 6.92 Å². The minimum absolute atomic E-state index is 0.141. The molecular weight excluding hydrogens is 348 g/mol. The molecule has 0 heterocycles. The van der Waals surface area contributed by atoms with Crippen molar-refractivity contribution in [2.24, 2.45) is 0 Å². The third-order valence-corrected chi connectivity index (χ3v) is 5.32. The Kier molecular flexibility index (Phi) is 5.99. The molecule has 2 aromatic rings. The van der Waals surface area contributed by atoms with Crippen molar-refractivity contribution >= 4 is 33.2 Å². The number of anilines is 1. The molecule has 0 aromatic heterocycles. The monoisotopic (exact) mass is 366 g/mol. The number of hydrogen-bond acceptors (Lipinski definition) is 3. The van der Waals surface area contributed by atoms with Crippen molar-refractivity contribution in [3.8, 4) is 0 Å². The van der Waals surface area contributed by atoms with E-state index in [0.29, 0.717) is 22.7 Å². The molecule has 5 nitrogen and oxygen atoms in total. The highest BCUT2D eigenvalue weighted by Gasteiger charge is 2.16. The van der Waals surface area contributed by atoms with E-state index in [2.05, 4.69) is 10.0 Å². The molecule has 0 aliphatic carbocycles. The number of carbonyl (C=O) groups excluding carboxylic acids is 1. The summed E-state index contributed by atoms with van der Waals surface area (Å²) in [7, 11) is -3.55. The molecule has 2 aromatic carbocycles. The maximum absolute atomic E-state index is 12.2. The minimum atomic E-state index is -3.55. The first-order valence-electron chi connectivity index (χ1n) is 7.51. The Hall–Kier alpha value is -1.89. The summed E-state index contributed by atoms with van der Waals surface area (Å²) in [5.74, 6) is -0.314. The number of halogens is 1. The Morgan fingerprint density at radius 2 is 1.83 bits per heavy atom. The third kappa shape index (κ3) is 4.80. The zero-order chi connectivity index (χ0) is 17.7. The molecule has 0 aliphatic rings. The zero-order valence-corrected chi connectivity index (χ0v) is 15.0. The van der Waals surface area contributed by atoms with Crippen LogP contribution in [0.2, 0.25) is 5.02 Å². The molecule has 0 unspecified atom stereocenters. The maximum Gasteiger partial charge on any atom is 0.255 e. The summed E-state index contributed by atoms with van der Waals surface area (Å²) in [6, 6.07) is 12.5. The molecule has 0 radical (unpaired) electrons. The van der Waals surface area contributed by atoms with Gasteiger partial charge in [0.15, 0.2) is 0 Å². The fourth-order valence-corrected chi connectivity index (χ4v) is 3.48. The number of sulfonamides is 1. The van der Waals surface area contributed by atoms with Crippen molar-refractivity contribution in [2.75, 3.05) is 5.32 Å². The molecule has 2 rings (SSSR count). The van der Waals surface area contributed by atoms with E-state index in [1.54, 1.807) is 43.3 Å². The van der Waals surface area contributed by atoms with Crippen LogP contribution in [0, 0.1) is 0 Å². The van der Waals surface area contributed by atoms with Gasteiger partial charge < -0.3 is 5.32 Å². The lowest BCUT2D eigenvalue weighted by molar-refractivity contribution is 0.102. The van der Waals surface area contributed by atoms with Crippen molar-refractivity contribution in [3.05, 3.63) is 59.1 Å². The fourth-order valence-electron chi connectivity index (χ4n) is 1.97. The number of carbonyl (C=O) groups is 1. The van der Waals surface area contributed by atoms with Gasteiger partial charge in [0.1, 0.15) is 0 Å². The van der Waals surface area contributed by atoms with E-state index < -0.39 is 10.0 Å². The van der Waals surface area contributed by atoms with Gasteiger partial charge in [0.2, 0.25) is 10.0 Å². The quantitative estimate of drug-likeness (QED) is 0.819. The summed E-state index contributed by atoms with van der Waals surface area (Å²) in [6.45, 7) is 3.71. The topological polar surface area (TPSA) is 75.3 Å². The second-order valence-corrected chi connectivity index (χ2v) is 7.57. The summed E-state index contributed by atoms with van der Waals surface area (Å²) in [6.07, 6.45) is 0.701. The summed E-state index contributed by atoms with van der Waals surface area (Å²) in [5, 5.41) is 3.18. The van der Waals surface area contributed by atoms with Gasteiger partial charge in [-0.05, 0) is 55.8 Å². The van der Waals surface area contributed by atoms with E-state index in [4.69, 9.17) is 11.6 Å². The van der Waals surface area contributed by atoms with Crippen molar-refractivity contribution in [2.45, 2.75) is 31.2 Å². The van der Waals surface area contributed by atoms with Crippen LogP contribution in [0.5, 0.6) is 0 Å². The number of nitrogens with one attached hydrogen (secondary N) is 2. The lowest BCUT2D eigenvalue weighted by atomic mass is 10.2. The SMILES string of the molecule is CC[C@H](C)NS(=O)(=O)c1ccc(NC(=O)c2cccc(Cl)c2)cc1. The van der Waals surface area contributed by atoms with Crippen LogP contribution in [0.1, 0.15) is 30.6 Å². The lowest BCUT2D eigenvalue weighted by Crippen LogP contribution is -2.31. The van der Waals surface area contributed by atoms with Gasteiger partial charge in [-0.1, -0.05) is 24.6 Å². The molecule has 0 saturated carbocycles. The van der Waals surface area contributed by atoms with Crippen LogP contribution in [0.15, 0.2) is 53.4 Å². The molecular formula is C17H19ClN2O3S. The molecule has 2 N–H and O–H groups in total. The Labute approximate surface area is 147 Å². The molecule has 1 amide bonds. The second kappa shape index (κ2) is 7.79. The Balaban J connectivity index is 2.11. The first-order chi connectivity index (χ1) is 11.3. The third-order valence-electron chi connectivity index (χ3n) is 3.48. The Bertz CT molecular complexity index is 820. The van der Waals surface area contributed by atoms with Gasteiger partial charge in [-0.2, -0.15) is 0 Å². The maximum atomic E-state index is 12.2. The molecule has 0 saturated heterocycles. The van der Waals surface area contributed by atoms with E-state index in [9.17, 15) is 13.2 Å². The lowest BCUT2D eigenvalue weighted by Gasteiger charge is -2.12. The fraction of sp³-hybridized carbons (Fsp3) is 0.235. The summed E-state index contributed by atoms with van der Waals surface area (Å²) in [5.41, 5.74) is 0.931. The van der Waals surface area contributed by atoms with Crippen LogP contribution in [-0.4, -0.2) is 20.4 Å². The second-order valence-electron chi connectivity index (χ2n) is 5.42. The Morgan fingerprint density at radius 3 is 2.42 bits per heavy atom. The zero-order valence-electron chi connectivity index (χ0n) is 13.4. The molecule has 0 fully saturated rings. The Morgan fingerprint density at radius 1 is 1.17 bits per heavy atom. The number of rotatable bonds is 6. The molecule has 128 valence electrons. The van der Waals surface area contributed by atoms with E-state index >= 15 is 0 Å². The van der Waals surface area contributed by atoms with Crippen molar-refractivity contribution < 1.29 is 13.2 Å². The van der Waals surface area contributed by atoms with E-state index in [0.717, 1.165) is 0 Å². The van der Waals surface area contributed by atoms with Gasteiger partial charge in [0, 0.05) is 22.3 Å². The van der Waals surface area contributed by atoms with Gasteiger partial charge in [0.05, 0.1) is 4.90 Å². The summed E-state index contributed by atoms with van der Waals surface area (Å²) < 4.78 is 26.9. The average molecular weight is 367 g/mol. The largest absolute Gasteiger partial charge is 0.322 e. The highest BCUT2D eigenvalue weighted by molar-refractivity contribution is 7.89. The molecule has 0 spiro atoms. The minimum Gasteiger partial charge on any atom is -0.322 e. The predicted molar refractivity (Wildman–Crippen MR) is 95.9 cm³/mol.